The summed E-state index contributed by atoms with van der Waals surface area (Å²) < 4.78 is 0. The lowest BCUT2D eigenvalue weighted by Crippen LogP contribution is -2.42. The van der Waals surface area contributed by atoms with E-state index in [0.717, 1.165) is 0 Å². The fourth-order valence-corrected chi connectivity index (χ4v) is 1.36. The van der Waals surface area contributed by atoms with Gasteiger partial charge in [-0.2, -0.15) is 0 Å². The minimum absolute atomic E-state index is 0.125. The Morgan fingerprint density at radius 2 is 1.72 bits per heavy atom. The van der Waals surface area contributed by atoms with Gasteiger partial charge in [0.25, 0.3) is 0 Å². The third-order valence-corrected chi connectivity index (χ3v) is 3.11. The number of carbonyl (C=O) groups excluding carboxylic acids is 2. The maximum atomic E-state index is 11.6. The number of carboxylic acids is 1. The molecule has 0 saturated heterocycles. The van der Waals surface area contributed by atoms with Crippen LogP contribution in [0.1, 0.15) is 34.1 Å². The summed E-state index contributed by atoms with van der Waals surface area (Å²) in [5.74, 6) is -1.90. The molecule has 0 aromatic rings. The van der Waals surface area contributed by atoms with Gasteiger partial charge in [0.1, 0.15) is 0 Å². The number of carbonyl (C=O) groups is 3. The Labute approximate surface area is 107 Å². The highest BCUT2D eigenvalue weighted by Gasteiger charge is 2.38. The van der Waals surface area contributed by atoms with E-state index < -0.39 is 17.3 Å². The highest BCUT2D eigenvalue weighted by atomic mass is 16.4. The molecule has 0 bridgehead atoms. The van der Waals surface area contributed by atoms with Crippen LogP contribution in [0.15, 0.2) is 0 Å². The molecule has 0 aromatic heterocycles. The second-order valence-corrected chi connectivity index (χ2v) is 4.78. The van der Waals surface area contributed by atoms with Gasteiger partial charge < -0.3 is 15.7 Å². The first-order chi connectivity index (χ1) is 8.24. The molecule has 0 radical (unpaired) electrons. The van der Waals surface area contributed by atoms with Crippen LogP contribution in [0.25, 0.3) is 0 Å². The van der Waals surface area contributed by atoms with E-state index in [1.807, 2.05) is 0 Å². The van der Waals surface area contributed by atoms with Crippen LogP contribution in [0.2, 0.25) is 0 Å². The van der Waals surface area contributed by atoms with Gasteiger partial charge in [-0.3, -0.25) is 14.4 Å². The number of rotatable bonds is 7. The summed E-state index contributed by atoms with van der Waals surface area (Å²) in [6, 6.07) is 0. The van der Waals surface area contributed by atoms with Crippen molar-refractivity contribution in [2.75, 3.05) is 13.1 Å². The molecular formula is C12H22N2O4. The van der Waals surface area contributed by atoms with Crippen molar-refractivity contribution >= 4 is 17.8 Å². The standard InChI is InChI=1S/C12H22N2O4/c1-5-13-10(16)7-14-9(15)6-12(4,8(2)3)11(17)18/h8H,5-7H2,1-4H3,(H,13,16)(H,14,15)(H,17,18). The molecule has 0 rings (SSSR count). The van der Waals surface area contributed by atoms with E-state index in [9.17, 15) is 14.4 Å². The number of carboxylic acid groups (broad SMARTS) is 1. The van der Waals surface area contributed by atoms with Crippen LogP contribution in [0.3, 0.4) is 0 Å². The highest BCUT2D eigenvalue weighted by molar-refractivity contribution is 5.88. The van der Waals surface area contributed by atoms with Crippen LogP contribution in [-0.2, 0) is 14.4 Å². The molecule has 0 saturated carbocycles. The molecule has 1 atom stereocenters. The number of hydrogen-bond donors (Lipinski definition) is 3. The first kappa shape index (κ1) is 16.4. The van der Waals surface area contributed by atoms with Gasteiger partial charge in [-0.1, -0.05) is 13.8 Å². The first-order valence-electron chi connectivity index (χ1n) is 6.00. The minimum Gasteiger partial charge on any atom is -0.481 e. The van der Waals surface area contributed by atoms with Gasteiger partial charge in [-0.15, -0.1) is 0 Å². The maximum absolute atomic E-state index is 11.6. The van der Waals surface area contributed by atoms with E-state index >= 15 is 0 Å². The Balaban J connectivity index is 4.37. The minimum atomic E-state index is -1.12. The summed E-state index contributed by atoms with van der Waals surface area (Å²) in [7, 11) is 0. The molecule has 2 amide bonds. The Bertz CT molecular complexity index is 328. The van der Waals surface area contributed by atoms with Crippen LogP contribution in [-0.4, -0.2) is 36.0 Å². The molecule has 6 nitrogen and oxygen atoms in total. The summed E-state index contributed by atoms with van der Waals surface area (Å²) in [4.78, 5) is 33.9. The highest BCUT2D eigenvalue weighted by Crippen LogP contribution is 2.31. The Morgan fingerprint density at radius 3 is 2.11 bits per heavy atom. The van der Waals surface area contributed by atoms with E-state index in [0.29, 0.717) is 6.54 Å². The average molecular weight is 258 g/mol. The molecule has 3 N–H and O–H groups in total. The molecular weight excluding hydrogens is 236 g/mol. The Hall–Kier alpha value is -1.59. The number of amides is 2. The third kappa shape index (κ3) is 4.73. The second-order valence-electron chi connectivity index (χ2n) is 4.78. The van der Waals surface area contributed by atoms with Gasteiger partial charge in [-0.05, 0) is 19.8 Å². The Morgan fingerprint density at radius 1 is 1.17 bits per heavy atom. The van der Waals surface area contributed by atoms with Gasteiger partial charge in [0.2, 0.25) is 11.8 Å². The molecule has 0 heterocycles. The maximum Gasteiger partial charge on any atom is 0.310 e. The Kier molecular flexibility index (Phi) is 6.36. The van der Waals surface area contributed by atoms with E-state index in [4.69, 9.17) is 5.11 Å². The lowest BCUT2D eigenvalue weighted by molar-refractivity contribution is -0.153. The van der Waals surface area contributed by atoms with Crippen molar-refractivity contribution in [1.29, 1.82) is 0 Å². The average Bonchev–Trinajstić information content (AvgIpc) is 2.26. The molecule has 6 heteroatoms. The summed E-state index contributed by atoms with van der Waals surface area (Å²) in [6.45, 7) is 7.19. The third-order valence-electron chi connectivity index (χ3n) is 3.11. The monoisotopic (exact) mass is 258 g/mol. The van der Waals surface area contributed by atoms with E-state index in [1.54, 1.807) is 20.8 Å². The molecule has 0 aromatic carbocycles. The topological polar surface area (TPSA) is 95.5 Å². The molecule has 104 valence electrons. The lowest BCUT2D eigenvalue weighted by atomic mass is 9.76. The van der Waals surface area contributed by atoms with Gasteiger partial charge in [0.05, 0.1) is 12.0 Å². The normalized spacial score (nSPS) is 13.8. The molecule has 0 fully saturated rings. The fraction of sp³-hybridized carbons (Fsp3) is 0.750. The van der Waals surface area contributed by atoms with Crippen LogP contribution in [0.4, 0.5) is 0 Å². The van der Waals surface area contributed by atoms with Crippen molar-refractivity contribution in [2.24, 2.45) is 11.3 Å². The number of aliphatic carboxylic acids is 1. The zero-order valence-corrected chi connectivity index (χ0v) is 11.4. The van der Waals surface area contributed by atoms with Crippen molar-refractivity contribution in [3.63, 3.8) is 0 Å². The van der Waals surface area contributed by atoms with Crippen molar-refractivity contribution < 1.29 is 19.5 Å². The summed E-state index contributed by atoms with van der Waals surface area (Å²) in [5.41, 5.74) is -1.12. The van der Waals surface area contributed by atoms with Crippen molar-refractivity contribution in [2.45, 2.75) is 34.1 Å². The molecule has 0 aliphatic carbocycles. The lowest BCUT2D eigenvalue weighted by Gasteiger charge is -2.28. The molecule has 18 heavy (non-hydrogen) atoms. The quantitative estimate of drug-likeness (QED) is 0.615. The molecule has 1 unspecified atom stereocenters. The van der Waals surface area contributed by atoms with Crippen LogP contribution in [0, 0.1) is 11.3 Å². The van der Waals surface area contributed by atoms with Gasteiger partial charge in [-0.25, -0.2) is 0 Å². The van der Waals surface area contributed by atoms with E-state index in [1.165, 1.54) is 6.92 Å². The summed E-state index contributed by atoms with van der Waals surface area (Å²) >= 11 is 0. The van der Waals surface area contributed by atoms with Crippen molar-refractivity contribution in [1.82, 2.24) is 10.6 Å². The van der Waals surface area contributed by atoms with E-state index in [-0.39, 0.29) is 24.8 Å². The smallest absolute Gasteiger partial charge is 0.310 e. The van der Waals surface area contributed by atoms with Crippen LogP contribution < -0.4 is 10.6 Å². The van der Waals surface area contributed by atoms with Gasteiger partial charge in [0, 0.05) is 13.0 Å². The van der Waals surface area contributed by atoms with E-state index in [2.05, 4.69) is 10.6 Å². The zero-order chi connectivity index (χ0) is 14.3. The number of nitrogens with one attached hydrogen (secondary N) is 2. The predicted molar refractivity (Wildman–Crippen MR) is 66.9 cm³/mol. The van der Waals surface area contributed by atoms with Crippen molar-refractivity contribution in [3.8, 4) is 0 Å². The largest absolute Gasteiger partial charge is 0.481 e. The molecule has 0 aliphatic rings. The van der Waals surface area contributed by atoms with Gasteiger partial charge >= 0.3 is 5.97 Å². The second kappa shape index (κ2) is 6.98. The molecule has 0 spiro atoms. The van der Waals surface area contributed by atoms with Crippen molar-refractivity contribution in [3.05, 3.63) is 0 Å². The first-order valence-corrected chi connectivity index (χ1v) is 6.00. The zero-order valence-electron chi connectivity index (χ0n) is 11.4. The summed E-state index contributed by atoms with van der Waals surface area (Å²) in [5, 5.41) is 14.1. The number of likely N-dealkylation sites (N-methyl/N-ethyl adjacent to an activating group) is 1. The SMILES string of the molecule is CCNC(=O)CNC(=O)CC(C)(C(=O)O)C(C)C. The predicted octanol–water partition coefficient (Wildman–Crippen LogP) is 0.376. The van der Waals surface area contributed by atoms with Crippen LogP contribution in [0.5, 0.6) is 0 Å². The van der Waals surface area contributed by atoms with Gasteiger partial charge in [0.15, 0.2) is 0 Å². The fourth-order valence-electron chi connectivity index (χ4n) is 1.36. The molecule has 0 aliphatic heterocycles. The summed E-state index contributed by atoms with van der Waals surface area (Å²) in [6.07, 6.45) is -0.139. The van der Waals surface area contributed by atoms with Crippen LogP contribution >= 0.6 is 0 Å². The number of hydrogen-bond acceptors (Lipinski definition) is 3.